The Morgan fingerprint density at radius 3 is 2.81 bits per heavy atom. The molecule has 0 bridgehead atoms. The number of hydrogen-bond acceptors (Lipinski definition) is 4. The van der Waals surface area contributed by atoms with Gasteiger partial charge in [-0.2, -0.15) is 0 Å². The van der Waals surface area contributed by atoms with Gasteiger partial charge < -0.3 is 24.5 Å². The van der Waals surface area contributed by atoms with E-state index in [2.05, 4.69) is 10.6 Å². The number of carbonyl (C=O) groups is 1. The third-order valence-electron chi connectivity index (χ3n) is 3.01. The maximum absolute atomic E-state index is 11.8. The molecule has 0 aliphatic carbocycles. The summed E-state index contributed by atoms with van der Waals surface area (Å²) in [6.07, 6.45) is 2.42. The number of amides is 2. The van der Waals surface area contributed by atoms with Gasteiger partial charge in [-0.05, 0) is 24.3 Å². The average molecular weight is 288 g/mol. The molecule has 0 saturated carbocycles. The molecule has 21 heavy (non-hydrogen) atoms. The van der Waals surface area contributed by atoms with Gasteiger partial charge in [0.1, 0.15) is 5.76 Å². The van der Waals surface area contributed by atoms with Crippen molar-refractivity contribution in [3.8, 4) is 11.5 Å². The number of hydrogen-bond donors (Lipinski definition) is 2. The van der Waals surface area contributed by atoms with Crippen LogP contribution in [-0.2, 0) is 6.54 Å². The number of rotatable bonds is 3. The fourth-order valence-corrected chi connectivity index (χ4v) is 2.00. The normalized spacial score (nSPS) is 13.3. The minimum Gasteiger partial charge on any atom is -0.490 e. The molecule has 110 valence electrons. The molecule has 2 aromatic rings. The van der Waals surface area contributed by atoms with E-state index in [-0.39, 0.29) is 6.03 Å². The van der Waals surface area contributed by atoms with E-state index in [0.29, 0.717) is 42.7 Å². The highest BCUT2D eigenvalue weighted by atomic mass is 16.5. The molecule has 0 atom stereocenters. The van der Waals surface area contributed by atoms with Crippen LogP contribution in [-0.4, -0.2) is 19.2 Å². The van der Waals surface area contributed by atoms with Crippen molar-refractivity contribution >= 4 is 11.7 Å². The Morgan fingerprint density at radius 1 is 1.14 bits per heavy atom. The van der Waals surface area contributed by atoms with Crippen molar-refractivity contribution < 1.29 is 18.7 Å². The van der Waals surface area contributed by atoms with Crippen molar-refractivity contribution in [2.24, 2.45) is 0 Å². The van der Waals surface area contributed by atoms with Crippen molar-refractivity contribution in [3.63, 3.8) is 0 Å². The molecule has 2 N–H and O–H groups in total. The molecule has 6 heteroatoms. The second-order valence-corrected chi connectivity index (χ2v) is 4.60. The molecular weight excluding hydrogens is 272 g/mol. The van der Waals surface area contributed by atoms with Gasteiger partial charge in [0.2, 0.25) is 0 Å². The molecule has 1 aromatic carbocycles. The summed E-state index contributed by atoms with van der Waals surface area (Å²) in [6, 6.07) is 8.60. The Bertz CT molecular complexity index is 610. The number of ether oxygens (including phenoxy) is 2. The lowest BCUT2D eigenvalue weighted by Crippen LogP contribution is -2.27. The van der Waals surface area contributed by atoms with E-state index in [1.54, 1.807) is 36.6 Å². The Balaban J connectivity index is 1.59. The van der Waals surface area contributed by atoms with Crippen LogP contribution in [0.2, 0.25) is 0 Å². The highest BCUT2D eigenvalue weighted by molar-refractivity contribution is 5.89. The molecule has 0 radical (unpaired) electrons. The zero-order valence-corrected chi connectivity index (χ0v) is 11.4. The first-order chi connectivity index (χ1) is 10.3. The Hall–Kier alpha value is -2.63. The van der Waals surface area contributed by atoms with E-state index in [1.807, 2.05) is 0 Å². The minimum atomic E-state index is -0.305. The molecule has 0 fully saturated rings. The quantitative estimate of drug-likeness (QED) is 0.911. The summed E-state index contributed by atoms with van der Waals surface area (Å²) in [5.74, 6) is 2.05. The summed E-state index contributed by atoms with van der Waals surface area (Å²) < 4.78 is 16.3. The third-order valence-corrected chi connectivity index (χ3v) is 3.01. The van der Waals surface area contributed by atoms with Crippen molar-refractivity contribution in [1.82, 2.24) is 5.32 Å². The van der Waals surface area contributed by atoms with E-state index in [4.69, 9.17) is 13.9 Å². The number of fused-ring (bicyclic) bond motifs is 1. The molecular formula is C15H16N2O4. The Kier molecular flexibility index (Phi) is 3.95. The van der Waals surface area contributed by atoms with Crippen LogP contribution in [0.15, 0.2) is 41.0 Å². The molecule has 1 aliphatic rings. The highest BCUT2D eigenvalue weighted by Gasteiger charge is 2.11. The molecule has 6 nitrogen and oxygen atoms in total. The predicted molar refractivity (Wildman–Crippen MR) is 76.6 cm³/mol. The number of urea groups is 1. The van der Waals surface area contributed by atoms with Crippen LogP contribution >= 0.6 is 0 Å². The van der Waals surface area contributed by atoms with Crippen molar-refractivity contribution in [3.05, 3.63) is 42.4 Å². The maximum atomic E-state index is 11.8. The van der Waals surface area contributed by atoms with E-state index >= 15 is 0 Å². The predicted octanol–water partition coefficient (Wildman–Crippen LogP) is 2.76. The molecule has 3 rings (SSSR count). The van der Waals surface area contributed by atoms with Crippen LogP contribution < -0.4 is 20.1 Å². The minimum absolute atomic E-state index is 0.305. The van der Waals surface area contributed by atoms with Gasteiger partial charge in [-0.1, -0.05) is 0 Å². The molecule has 0 unspecified atom stereocenters. The SMILES string of the molecule is O=C(NCc1ccco1)Nc1ccc2c(c1)OCCCO2. The second-order valence-electron chi connectivity index (χ2n) is 4.60. The Labute approximate surface area is 122 Å². The summed E-state index contributed by atoms with van der Waals surface area (Å²) in [5, 5.41) is 5.46. The smallest absolute Gasteiger partial charge is 0.319 e. The molecule has 2 heterocycles. The van der Waals surface area contributed by atoms with Gasteiger partial charge in [0.25, 0.3) is 0 Å². The first kappa shape index (κ1) is 13.4. The second kappa shape index (κ2) is 6.21. The van der Waals surface area contributed by atoms with Gasteiger partial charge in [0.05, 0.1) is 26.0 Å². The maximum Gasteiger partial charge on any atom is 0.319 e. The number of nitrogens with one attached hydrogen (secondary N) is 2. The average Bonchev–Trinajstić information content (AvgIpc) is 2.90. The van der Waals surface area contributed by atoms with E-state index < -0.39 is 0 Å². The fourth-order valence-electron chi connectivity index (χ4n) is 2.00. The van der Waals surface area contributed by atoms with Gasteiger partial charge in [0.15, 0.2) is 11.5 Å². The number of carbonyl (C=O) groups excluding carboxylic acids is 1. The van der Waals surface area contributed by atoms with Gasteiger partial charge in [0, 0.05) is 18.2 Å². The number of anilines is 1. The van der Waals surface area contributed by atoms with Gasteiger partial charge in [-0.25, -0.2) is 4.79 Å². The summed E-state index contributed by atoms with van der Waals surface area (Å²) in [6.45, 7) is 1.59. The van der Waals surface area contributed by atoms with Crippen LogP contribution in [0.1, 0.15) is 12.2 Å². The van der Waals surface area contributed by atoms with Crippen molar-refractivity contribution in [2.45, 2.75) is 13.0 Å². The summed E-state index contributed by atoms with van der Waals surface area (Å²) in [4.78, 5) is 11.8. The standard InChI is InChI=1S/C15H16N2O4/c18-15(16-10-12-3-1-6-19-12)17-11-4-5-13-14(9-11)21-8-2-7-20-13/h1,3-6,9H,2,7-8,10H2,(H2,16,17,18). The first-order valence-electron chi connectivity index (χ1n) is 6.78. The van der Waals surface area contributed by atoms with Crippen LogP contribution in [0.5, 0.6) is 11.5 Å². The molecule has 0 saturated heterocycles. The van der Waals surface area contributed by atoms with Gasteiger partial charge in [-0.15, -0.1) is 0 Å². The van der Waals surface area contributed by atoms with Crippen LogP contribution in [0.4, 0.5) is 10.5 Å². The summed E-state index contributed by atoms with van der Waals surface area (Å²) in [7, 11) is 0. The van der Waals surface area contributed by atoms with E-state index in [9.17, 15) is 4.79 Å². The van der Waals surface area contributed by atoms with Gasteiger partial charge >= 0.3 is 6.03 Å². The first-order valence-corrected chi connectivity index (χ1v) is 6.78. The topological polar surface area (TPSA) is 72.7 Å². The zero-order chi connectivity index (χ0) is 14.5. The monoisotopic (exact) mass is 288 g/mol. The lowest BCUT2D eigenvalue weighted by molar-refractivity contribution is 0.251. The fraction of sp³-hybridized carbons (Fsp3) is 0.267. The lowest BCUT2D eigenvalue weighted by Gasteiger charge is -2.10. The van der Waals surface area contributed by atoms with Crippen molar-refractivity contribution in [1.29, 1.82) is 0 Å². The number of furan rings is 1. The van der Waals surface area contributed by atoms with E-state index in [0.717, 1.165) is 6.42 Å². The molecule has 1 aromatic heterocycles. The summed E-state index contributed by atoms with van der Waals surface area (Å²) in [5.41, 5.74) is 0.649. The van der Waals surface area contributed by atoms with Crippen LogP contribution in [0.25, 0.3) is 0 Å². The zero-order valence-electron chi connectivity index (χ0n) is 11.4. The van der Waals surface area contributed by atoms with Crippen LogP contribution in [0.3, 0.4) is 0 Å². The van der Waals surface area contributed by atoms with Gasteiger partial charge in [-0.3, -0.25) is 0 Å². The highest BCUT2D eigenvalue weighted by Crippen LogP contribution is 2.32. The molecule has 2 amide bonds. The molecule has 1 aliphatic heterocycles. The molecule has 0 spiro atoms. The Morgan fingerprint density at radius 2 is 2.00 bits per heavy atom. The van der Waals surface area contributed by atoms with Crippen LogP contribution in [0, 0.1) is 0 Å². The van der Waals surface area contributed by atoms with E-state index in [1.165, 1.54) is 0 Å². The number of benzene rings is 1. The third kappa shape index (κ3) is 3.47. The summed E-state index contributed by atoms with van der Waals surface area (Å²) >= 11 is 0. The lowest BCUT2D eigenvalue weighted by atomic mass is 10.3. The van der Waals surface area contributed by atoms with Crippen molar-refractivity contribution in [2.75, 3.05) is 18.5 Å². The largest absolute Gasteiger partial charge is 0.490 e.